The molecule has 5 heteroatoms. The smallest absolute Gasteiger partial charge is 0.142 e. The van der Waals surface area contributed by atoms with Crippen molar-refractivity contribution < 1.29 is 14.7 Å². The lowest BCUT2D eigenvalue weighted by atomic mass is 9.46. The molecule has 0 heterocycles. The molecule has 0 radical (unpaired) electrons. The van der Waals surface area contributed by atoms with E-state index in [1.807, 2.05) is 6.21 Å². The van der Waals surface area contributed by atoms with E-state index in [1.54, 1.807) is 0 Å². The van der Waals surface area contributed by atoms with Crippen molar-refractivity contribution in [1.29, 1.82) is 0 Å². The van der Waals surface area contributed by atoms with Crippen LogP contribution in [-0.2, 0) is 9.63 Å². The third-order valence-corrected chi connectivity index (χ3v) is 8.68. The number of aliphatic hydroxyl groups is 1. The number of fused-ring (bicyclic) bond motifs is 3. The largest absolute Gasteiger partial charge is 0.395 e. The standard InChI is InChI=1S/C23H40N2O3/c1-4-16(9-13-25-28-14-12-24)23(3)11-8-20-19(21(23)27)6-5-17-15-18(26)7-10-22(17,20)2/h13,16-20,26H,4-12,14-15,24H2,1-3H3/b25-13+/t16-,17-,18+,19-,20+,22+,23-/m1/s1. The predicted octanol–water partition coefficient (Wildman–Crippen LogP) is 3.93. The summed E-state index contributed by atoms with van der Waals surface area (Å²) in [5, 5.41) is 14.2. The normalized spacial score (nSPS) is 42.1. The number of carbonyl (C=O) groups excluding carboxylic acids is 1. The molecule has 3 fully saturated rings. The Balaban J connectivity index is 1.72. The average Bonchev–Trinajstić information content (AvgIpc) is 2.68. The van der Waals surface area contributed by atoms with Gasteiger partial charge in [-0.1, -0.05) is 32.3 Å². The zero-order valence-corrected chi connectivity index (χ0v) is 18.0. The minimum absolute atomic E-state index is 0.135. The highest BCUT2D eigenvalue weighted by atomic mass is 16.6. The molecule has 3 saturated carbocycles. The van der Waals surface area contributed by atoms with Gasteiger partial charge >= 0.3 is 0 Å². The van der Waals surface area contributed by atoms with E-state index in [0.717, 1.165) is 57.8 Å². The minimum atomic E-state index is -0.257. The Labute approximate surface area is 170 Å². The summed E-state index contributed by atoms with van der Waals surface area (Å²) in [5.41, 5.74) is 5.40. The van der Waals surface area contributed by atoms with E-state index in [0.29, 0.717) is 36.7 Å². The highest BCUT2D eigenvalue weighted by molar-refractivity contribution is 5.88. The van der Waals surface area contributed by atoms with E-state index in [1.165, 1.54) is 0 Å². The fourth-order valence-electron chi connectivity index (χ4n) is 6.83. The molecule has 0 aliphatic heterocycles. The molecule has 3 aliphatic rings. The van der Waals surface area contributed by atoms with Crippen LogP contribution in [0.25, 0.3) is 0 Å². The number of nitrogens with zero attached hydrogens (tertiary/aromatic N) is 1. The summed E-state index contributed by atoms with van der Waals surface area (Å²) >= 11 is 0. The summed E-state index contributed by atoms with van der Waals surface area (Å²) in [6.07, 6.45) is 10.6. The number of ketones is 1. The number of hydrogen-bond acceptors (Lipinski definition) is 5. The van der Waals surface area contributed by atoms with Crippen LogP contribution in [0.2, 0.25) is 0 Å². The quantitative estimate of drug-likeness (QED) is 0.391. The van der Waals surface area contributed by atoms with Crippen molar-refractivity contribution in [2.45, 2.75) is 84.7 Å². The van der Waals surface area contributed by atoms with E-state index in [9.17, 15) is 9.90 Å². The SMILES string of the molecule is CC[C@H](C/C=N/OCCN)[C@@]1(C)CC[C@H]2[C@@H](CC[C@@H]3C[C@@H](O)CC[C@@]32C)C1=O. The fourth-order valence-corrected chi connectivity index (χ4v) is 6.83. The van der Waals surface area contributed by atoms with Gasteiger partial charge in [0, 0.05) is 24.1 Å². The molecule has 28 heavy (non-hydrogen) atoms. The van der Waals surface area contributed by atoms with Gasteiger partial charge in [-0.15, -0.1) is 0 Å². The first-order valence-electron chi connectivity index (χ1n) is 11.4. The molecule has 0 aromatic carbocycles. The number of rotatable bonds is 7. The van der Waals surface area contributed by atoms with Crippen molar-refractivity contribution in [1.82, 2.24) is 0 Å². The van der Waals surface area contributed by atoms with Crippen molar-refractivity contribution in [2.24, 2.45) is 45.4 Å². The van der Waals surface area contributed by atoms with Gasteiger partial charge in [-0.3, -0.25) is 4.79 Å². The first-order valence-corrected chi connectivity index (χ1v) is 11.4. The van der Waals surface area contributed by atoms with E-state index in [-0.39, 0.29) is 22.9 Å². The van der Waals surface area contributed by atoms with E-state index >= 15 is 0 Å². The lowest BCUT2D eigenvalue weighted by molar-refractivity contribution is -0.157. The number of hydrogen-bond donors (Lipinski definition) is 2. The van der Waals surface area contributed by atoms with Crippen LogP contribution in [0.5, 0.6) is 0 Å². The first-order chi connectivity index (χ1) is 13.4. The number of carbonyl (C=O) groups is 1. The maximum Gasteiger partial charge on any atom is 0.142 e. The molecule has 3 rings (SSSR count). The van der Waals surface area contributed by atoms with Gasteiger partial charge in [0.1, 0.15) is 12.4 Å². The van der Waals surface area contributed by atoms with E-state index in [2.05, 4.69) is 25.9 Å². The molecule has 0 spiro atoms. The van der Waals surface area contributed by atoms with E-state index < -0.39 is 0 Å². The van der Waals surface area contributed by atoms with Gasteiger partial charge in [0.2, 0.25) is 0 Å². The number of nitrogens with two attached hydrogens (primary N) is 1. The highest BCUT2D eigenvalue weighted by Crippen LogP contribution is 2.61. The Hall–Kier alpha value is -0.940. The number of aliphatic hydroxyl groups excluding tert-OH is 1. The van der Waals surface area contributed by atoms with Gasteiger partial charge in [0.25, 0.3) is 0 Å². The molecule has 160 valence electrons. The molecular weight excluding hydrogens is 352 g/mol. The summed E-state index contributed by atoms with van der Waals surface area (Å²) in [7, 11) is 0. The third-order valence-electron chi connectivity index (χ3n) is 8.68. The Morgan fingerprint density at radius 1 is 1.29 bits per heavy atom. The van der Waals surface area contributed by atoms with Crippen molar-refractivity contribution >= 4 is 12.0 Å². The first kappa shape index (κ1) is 21.8. The molecule has 3 aliphatic carbocycles. The van der Waals surface area contributed by atoms with E-state index in [4.69, 9.17) is 10.6 Å². The second-order valence-electron chi connectivity index (χ2n) is 9.99. The maximum absolute atomic E-state index is 13.8. The molecule has 0 bridgehead atoms. The lowest BCUT2D eigenvalue weighted by Gasteiger charge is -2.58. The number of oxime groups is 1. The summed E-state index contributed by atoms with van der Waals surface area (Å²) < 4.78 is 0. The molecule has 0 amide bonds. The number of Topliss-reactive ketones (excluding diaryl/α,β-unsaturated/α-hetero) is 1. The van der Waals surface area contributed by atoms with Gasteiger partial charge in [-0.05, 0) is 74.5 Å². The van der Waals surface area contributed by atoms with Crippen molar-refractivity contribution in [3.63, 3.8) is 0 Å². The summed E-state index contributed by atoms with van der Waals surface area (Å²) in [6, 6.07) is 0. The monoisotopic (exact) mass is 392 g/mol. The summed E-state index contributed by atoms with van der Waals surface area (Å²) in [5.74, 6) is 2.10. The van der Waals surface area contributed by atoms with Gasteiger partial charge in [0.15, 0.2) is 0 Å². The maximum atomic E-state index is 13.8. The molecule has 0 unspecified atom stereocenters. The van der Waals surface area contributed by atoms with Crippen LogP contribution >= 0.6 is 0 Å². The van der Waals surface area contributed by atoms with Gasteiger partial charge in [0.05, 0.1) is 6.10 Å². The Morgan fingerprint density at radius 3 is 2.79 bits per heavy atom. The van der Waals surface area contributed by atoms with Crippen LogP contribution in [0, 0.1) is 34.5 Å². The van der Waals surface area contributed by atoms with Gasteiger partial charge < -0.3 is 15.7 Å². The Bertz CT molecular complexity index is 580. The zero-order chi connectivity index (χ0) is 20.4. The predicted molar refractivity (Wildman–Crippen MR) is 112 cm³/mol. The minimum Gasteiger partial charge on any atom is -0.395 e. The summed E-state index contributed by atoms with van der Waals surface area (Å²) in [6.45, 7) is 7.69. The molecule has 0 saturated heterocycles. The van der Waals surface area contributed by atoms with Crippen LogP contribution in [0.4, 0.5) is 0 Å². The molecule has 0 aromatic heterocycles. The highest BCUT2D eigenvalue weighted by Gasteiger charge is 2.57. The van der Waals surface area contributed by atoms with Crippen molar-refractivity contribution in [2.75, 3.05) is 13.2 Å². The molecule has 7 atom stereocenters. The molecule has 0 aromatic rings. The van der Waals surface area contributed by atoms with Crippen LogP contribution < -0.4 is 5.73 Å². The molecular formula is C23H40N2O3. The van der Waals surface area contributed by atoms with Crippen LogP contribution in [0.15, 0.2) is 5.16 Å². The Morgan fingerprint density at radius 2 is 2.07 bits per heavy atom. The van der Waals surface area contributed by atoms with Crippen molar-refractivity contribution in [3.05, 3.63) is 0 Å². The second kappa shape index (κ2) is 8.83. The molecule has 3 N–H and O–H groups in total. The second-order valence-corrected chi connectivity index (χ2v) is 9.99. The van der Waals surface area contributed by atoms with Crippen LogP contribution in [-0.4, -0.2) is 36.4 Å². The lowest BCUT2D eigenvalue weighted by Crippen LogP contribution is -2.56. The van der Waals surface area contributed by atoms with Crippen molar-refractivity contribution in [3.8, 4) is 0 Å². The van der Waals surface area contributed by atoms with Gasteiger partial charge in [-0.2, -0.15) is 0 Å². The molecule has 5 nitrogen and oxygen atoms in total. The topological polar surface area (TPSA) is 84.9 Å². The Kier molecular flexibility index (Phi) is 6.86. The zero-order valence-electron chi connectivity index (χ0n) is 18.0. The average molecular weight is 393 g/mol. The van der Waals surface area contributed by atoms with Gasteiger partial charge in [-0.25, -0.2) is 0 Å². The third kappa shape index (κ3) is 3.89. The fraction of sp³-hybridized carbons (Fsp3) is 0.913. The summed E-state index contributed by atoms with van der Waals surface area (Å²) in [4.78, 5) is 18.9. The van der Waals surface area contributed by atoms with Crippen LogP contribution in [0.3, 0.4) is 0 Å². The van der Waals surface area contributed by atoms with Crippen LogP contribution in [0.1, 0.15) is 78.6 Å².